The van der Waals surface area contributed by atoms with Crippen molar-refractivity contribution < 1.29 is 33.6 Å². The molecule has 0 aromatic heterocycles. The topological polar surface area (TPSA) is 219 Å². The normalized spacial score (nSPS) is 19.1. The highest BCUT2D eigenvalue weighted by atomic mass is 32.2. The Morgan fingerprint density at radius 1 is 1.10 bits per heavy atom. The summed E-state index contributed by atoms with van der Waals surface area (Å²) in [5.41, 5.74) is 5.54. The third kappa shape index (κ3) is 13.0. The van der Waals surface area contributed by atoms with Gasteiger partial charge in [0.05, 0.1) is 22.6 Å². The van der Waals surface area contributed by atoms with Gasteiger partial charge in [0.1, 0.15) is 11.7 Å². The lowest BCUT2D eigenvalue weighted by atomic mass is 10.0. The molecule has 48 heavy (non-hydrogen) atoms. The number of alkyl carbamates (subject to hydrolysis) is 2. The maximum atomic E-state index is 12.6. The number of nitrogens with two attached hydrogens (primary N) is 1. The van der Waals surface area contributed by atoms with Gasteiger partial charge in [0.15, 0.2) is 0 Å². The van der Waals surface area contributed by atoms with Crippen LogP contribution in [0.5, 0.6) is 0 Å². The van der Waals surface area contributed by atoms with E-state index >= 15 is 0 Å². The number of ether oxygens (including phenoxy) is 2. The van der Waals surface area contributed by atoms with Gasteiger partial charge in [0.25, 0.3) is 5.69 Å². The van der Waals surface area contributed by atoms with Crippen LogP contribution in [0.2, 0.25) is 0 Å². The maximum Gasteiger partial charge on any atom is 0.407 e. The highest BCUT2D eigenvalue weighted by Crippen LogP contribution is 2.33. The van der Waals surface area contributed by atoms with Crippen LogP contribution in [0.25, 0.3) is 0 Å². The van der Waals surface area contributed by atoms with E-state index < -0.39 is 28.8 Å². The summed E-state index contributed by atoms with van der Waals surface area (Å²) >= 11 is 1.85. The van der Waals surface area contributed by atoms with E-state index in [0.717, 1.165) is 30.6 Å². The molecule has 0 bridgehead atoms. The largest absolute Gasteiger partial charge is 0.444 e. The third-order valence-electron chi connectivity index (χ3n) is 7.76. The molecule has 0 spiro atoms. The SMILES string of the molecule is CC(OC(=O)NCCN)c1cc(CN(CCNC(=O)CCCC[C@@H]2SCC3NC(=O)NC32)CCNC(=O)OC(C)(C)C)ccc1[N+](=O)[O-]. The van der Waals surface area contributed by atoms with Crippen LogP contribution in [0.3, 0.4) is 0 Å². The second kappa shape index (κ2) is 18.6. The van der Waals surface area contributed by atoms with Gasteiger partial charge in [-0.3, -0.25) is 19.8 Å². The molecule has 1 aromatic rings. The summed E-state index contributed by atoms with van der Waals surface area (Å²) in [7, 11) is 0. The number of thioether (sulfide) groups is 1. The van der Waals surface area contributed by atoms with Gasteiger partial charge in [-0.25, -0.2) is 14.4 Å². The fourth-order valence-corrected chi connectivity index (χ4v) is 7.05. The highest BCUT2D eigenvalue weighted by Gasteiger charge is 2.42. The Kier molecular flexibility index (Phi) is 15.0. The number of unbranched alkanes of at least 4 members (excludes halogenated alkanes) is 1. The number of nitro groups is 1. The summed E-state index contributed by atoms with van der Waals surface area (Å²) in [4.78, 5) is 61.7. The Hall–Kier alpha value is -3.83. The van der Waals surface area contributed by atoms with E-state index in [9.17, 15) is 29.3 Å². The zero-order valence-electron chi connectivity index (χ0n) is 28.2. The molecule has 16 nitrogen and oxygen atoms in total. The summed E-state index contributed by atoms with van der Waals surface area (Å²) < 4.78 is 10.7. The monoisotopic (exact) mass is 694 g/mol. The molecular weight excluding hydrogens is 644 g/mol. The lowest BCUT2D eigenvalue weighted by molar-refractivity contribution is -0.386. The van der Waals surface area contributed by atoms with Gasteiger partial charge in [-0.2, -0.15) is 11.8 Å². The number of nitrogens with zero attached hydrogens (tertiary/aromatic N) is 2. The lowest BCUT2D eigenvalue weighted by Gasteiger charge is -2.24. The number of fused-ring (bicyclic) bond motifs is 1. The second-order valence-electron chi connectivity index (χ2n) is 12.8. The number of benzene rings is 1. The number of nitrogens with one attached hydrogen (secondary N) is 5. The van der Waals surface area contributed by atoms with Crippen molar-refractivity contribution in [2.45, 2.75) is 89.0 Å². The van der Waals surface area contributed by atoms with E-state index in [1.54, 1.807) is 39.8 Å². The molecule has 2 heterocycles. The Morgan fingerprint density at radius 3 is 2.50 bits per heavy atom. The first-order valence-corrected chi connectivity index (χ1v) is 17.4. The summed E-state index contributed by atoms with van der Waals surface area (Å²) in [6.45, 7) is 9.11. The molecule has 7 N–H and O–H groups in total. The quantitative estimate of drug-likeness (QED) is 0.0567. The maximum absolute atomic E-state index is 12.6. The van der Waals surface area contributed by atoms with Gasteiger partial charge in [-0.15, -0.1) is 0 Å². The summed E-state index contributed by atoms with van der Waals surface area (Å²) in [6, 6.07) is 4.86. The molecule has 2 fully saturated rings. The molecule has 268 valence electrons. The minimum Gasteiger partial charge on any atom is -0.444 e. The van der Waals surface area contributed by atoms with Gasteiger partial charge < -0.3 is 41.8 Å². The molecule has 1 aromatic carbocycles. The zero-order valence-corrected chi connectivity index (χ0v) is 29.0. The van der Waals surface area contributed by atoms with Crippen molar-refractivity contribution in [2.75, 3.05) is 45.0 Å². The van der Waals surface area contributed by atoms with Gasteiger partial charge in [0, 0.05) is 69.3 Å². The third-order valence-corrected chi connectivity index (χ3v) is 9.27. The number of carbonyl (C=O) groups excluding carboxylic acids is 4. The number of rotatable bonds is 18. The molecule has 0 radical (unpaired) electrons. The van der Waals surface area contributed by atoms with E-state index in [4.69, 9.17) is 15.2 Å². The molecule has 0 saturated carbocycles. The van der Waals surface area contributed by atoms with Crippen molar-refractivity contribution in [3.05, 3.63) is 39.4 Å². The van der Waals surface area contributed by atoms with E-state index in [1.165, 1.54) is 6.07 Å². The van der Waals surface area contributed by atoms with E-state index in [1.807, 2.05) is 16.7 Å². The predicted molar refractivity (Wildman–Crippen MR) is 182 cm³/mol. The Labute approximate surface area is 285 Å². The number of hydrogen-bond acceptors (Lipinski definition) is 11. The molecule has 0 aliphatic carbocycles. The van der Waals surface area contributed by atoms with Crippen LogP contribution in [0.15, 0.2) is 18.2 Å². The van der Waals surface area contributed by atoms with Crippen molar-refractivity contribution in [1.82, 2.24) is 31.5 Å². The average Bonchev–Trinajstić information content (AvgIpc) is 3.56. The van der Waals surface area contributed by atoms with Gasteiger partial charge in [-0.05, 0) is 52.2 Å². The van der Waals surface area contributed by atoms with Crippen LogP contribution in [0.1, 0.15) is 70.6 Å². The molecule has 17 heteroatoms. The summed E-state index contributed by atoms with van der Waals surface area (Å²) in [6.07, 6.45) is 0.742. The molecule has 3 rings (SSSR count). The predicted octanol–water partition coefficient (Wildman–Crippen LogP) is 2.51. The van der Waals surface area contributed by atoms with Crippen molar-refractivity contribution in [1.29, 1.82) is 0 Å². The Morgan fingerprint density at radius 2 is 1.81 bits per heavy atom. The van der Waals surface area contributed by atoms with Crippen LogP contribution in [-0.2, 0) is 20.8 Å². The molecule has 2 aliphatic rings. The average molecular weight is 695 g/mol. The number of hydrogen-bond donors (Lipinski definition) is 6. The van der Waals surface area contributed by atoms with Crippen LogP contribution in [0.4, 0.5) is 20.1 Å². The van der Waals surface area contributed by atoms with Gasteiger partial charge >= 0.3 is 18.2 Å². The van der Waals surface area contributed by atoms with Gasteiger partial charge in [-0.1, -0.05) is 12.5 Å². The standard InChI is InChI=1S/C31H50N8O8S/c1-20(46-29(42)34-12-11-32)22-17-21(9-10-24(22)39(44)45)18-38(16-14-35-30(43)47-31(2,3)4)15-13-33-26(40)8-6-5-7-25-27-23(19-48-25)36-28(41)37-27/h9-10,17,20,23,25,27H,5-8,11-16,18-19,32H2,1-4H3,(H,33,40)(H,34,42)(H,35,43)(H2,36,37,41)/t20?,23?,25-,27?/m0/s1. The summed E-state index contributed by atoms with van der Waals surface area (Å²) in [5.74, 6) is 0.838. The molecule has 2 saturated heterocycles. The number of carbonyl (C=O) groups is 4. The molecule has 3 unspecified atom stereocenters. The lowest BCUT2D eigenvalue weighted by Crippen LogP contribution is -2.40. The fraction of sp³-hybridized carbons (Fsp3) is 0.677. The highest BCUT2D eigenvalue weighted by molar-refractivity contribution is 8.00. The minimum atomic E-state index is -0.910. The number of urea groups is 1. The smallest absolute Gasteiger partial charge is 0.407 e. The number of nitro benzene ring substituents is 1. The number of amides is 5. The van der Waals surface area contributed by atoms with E-state index in [2.05, 4.69) is 26.6 Å². The van der Waals surface area contributed by atoms with Crippen molar-refractivity contribution >= 4 is 41.6 Å². The Balaban J connectivity index is 1.55. The van der Waals surface area contributed by atoms with Crippen LogP contribution in [-0.4, -0.2) is 102 Å². The van der Waals surface area contributed by atoms with Crippen molar-refractivity contribution in [3.8, 4) is 0 Å². The first-order valence-electron chi connectivity index (χ1n) is 16.3. The van der Waals surface area contributed by atoms with Crippen LogP contribution in [0, 0.1) is 10.1 Å². The first-order chi connectivity index (χ1) is 22.8. The van der Waals surface area contributed by atoms with Crippen molar-refractivity contribution in [2.24, 2.45) is 5.73 Å². The fourth-order valence-electron chi connectivity index (χ4n) is 5.51. The van der Waals surface area contributed by atoms with Crippen LogP contribution < -0.4 is 32.3 Å². The van der Waals surface area contributed by atoms with E-state index in [-0.39, 0.29) is 54.9 Å². The zero-order chi connectivity index (χ0) is 35.3. The Bertz CT molecular complexity index is 1280. The molecule has 2 aliphatic heterocycles. The minimum absolute atomic E-state index is 0.0638. The van der Waals surface area contributed by atoms with Crippen LogP contribution >= 0.6 is 11.8 Å². The van der Waals surface area contributed by atoms with Gasteiger partial charge in [0.2, 0.25) is 5.91 Å². The second-order valence-corrected chi connectivity index (χ2v) is 14.1. The van der Waals surface area contributed by atoms with Crippen molar-refractivity contribution in [3.63, 3.8) is 0 Å². The van der Waals surface area contributed by atoms with E-state index in [0.29, 0.717) is 37.8 Å². The summed E-state index contributed by atoms with van der Waals surface area (Å²) in [5, 5.41) is 26.2. The molecule has 4 atom stereocenters. The molecule has 5 amide bonds. The molecular formula is C31H50N8O8S. The first kappa shape index (κ1) is 38.6.